The Morgan fingerprint density at radius 3 is 2.71 bits per heavy atom. The lowest BCUT2D eigenvalue weighted by molar-refractivity contribution is -0.127. The van der Waals surface area contributed by atoms with Crippen LogP contribution in [0.2, 0.25) is 0 Å². The summed E-state index contributed by atoms with van der Waals surface area (Å²) in [4.78, 5) is 19.3. The fraction of sp³-hybridized carbons (Fsp3) is 0.364. The van der Waals surface area contributed by atoms with Crippen LogP contribution in [-0.4, -0.2) is 49.7 Å². The van der Waals surface area contributed by atoms with E-state index in [2.05, 4.69) is 16.4 Å². The molecule has 0 aliphatic carbocycles. The minimum Gasteiger partial charge on any atom is -0.497 e. The second kappa shape index (κ2) is 7.64. The van der Waals surface area contributed by atoms with Crippen molar-refractivity contribution in [3.05, 3.63) is 59.2 Å². The molecule has 6 nitrogen and oxygen atoms in total. The Morgan fingerprint density at radius 1 is 1.25 bits per heavy atom. The molecular weight excluding hydrogens is 354 g/mol. The van der Waals surface area contributed by atoms with Crippen LogP contribution >= 0.6 is 0 Å². The molecule has 2 aliphatic rings. The van der Waals surface area contributed by atoms with Crippen LogP contribution in [0.3, 0.4) is 0 Å². The lowest BCUT2D eigenvalue weighted by Crippen LogP contribution is -2.45. The van der Waals surface area contributed by atoms with Crippen LogP contribution < -0.4 is 15.0 Å². The zero-order chi connectivity index (χ0) is 19.7. The standard InChI is InChI=1S/C22H25N3O3/c1-14-3-8-19-16(11-14)12-18(15-4-6-17(28-2)7-5-15)21(26)22(27)25(19)13-20-23-9-10-24-20/h3-8,11,18,21,26H,9-10,12-13H2,1-2H3,(H,23,24)/t18-,21+/m0/s1. The molecule has 0 spiro atoms. The van der Waals surface area contributed by atoms with E-state index in [0.717, 1.165) is 47.1 Å². The Kier molecular flexibility index (Phi) is 5.05. The molecule has 2 aromatic carbocycles. The van der Waals surface area contributed by atoms with E-state index in [1.165, 1.54) is 0 Å². The van der Waals surface area contributed by atoms with Gasteiger partial charge in [-0.05, 0) is 42.7 Å². The number of benzene rings is 2. The lowest BCUT2D eigenvalue weighted by atomic mass is 9.87. The molecule has 2 N–H and O–H groups in total. The van der Waals surface area contributed by atoms with Gasteiger partial charge in [-0.1, -0.05) is 29.8 Å². The molecular formula is C22H25N3O3. The van der Waals surface area contributed by atoms with Gasteiger partial charge in [0.2, 0.25) is 0 Å². The number of carbonyl (C=O) groups excluding carboxylic acids is 1. The molecule has 2 aliphatic heterocycles. The molecule has 2 atom stereocenters. The number of fused-ring (bicyclic) bond motifs is 1. The molecule has 0 unspecified atom stereocenters. The molecule has 2 heterocycles. The summed E-state index contributed by atoms with van der Waals surface area (Å²) in [5, 5.41) is 14.2. The zero-order valence-corrected chi connectivity index (χ0v) is 16.2. The number of carbonyl (C=O) groups is 1. The highest BCUT2D eigenvalue weighted by Gasteiger charge is 2.37. The summed E-state index contributed by atoms with van der Waals surface area (Å²) < 4.78 is 5.23. The van der Waals surface area contributed by atoms with Crippen molar-refractivity contribution in [2.24, 2.45) is 4.99 Å². The maximum Gasteiger partial charge on any atom is 0.256 e. The monoisotopic (exact) mass is 379 g/mol. The molecule has 28 heavy (non-hydrogen) atoms. The Bertz CT molecular complexity index is 908. The number of methoxy groups -OCH3 is 1. The highest BCUT2D eigenvalue weighted by Crippen LogP contribution is 2.36. The van der Waals surface area contributed by atoms with E-state index in [0.29, 0.717) is 13.0 Å². The first-order chi connectivity index (χ1) is 13.6. The topological polar surface area (TPSA) is 74.2 Å². The normalized spacial score (nSPS) is 21.6. The fourth-order valence-corrected chi connectivity index (χ4v) is 3.96. The quantitative estimate of drug-likeness (QED) is 0.853. The molecule has 0 saturated carbocycles. The van der Waals surface area contributed by atoms with Crippen LogP contribution in [0.15, 0.2) is 47.5 Å². The molecule has 4 rings (SSSR count). The van der Waals surface area contributed by atoms with E-state index < -0.39 is 6.10 Å². The first-order valence-electron chi connectivity index (χ1n) is 9.57. The van der Waals surface area contributed by atoms with E-state index in [9.17, 15) is 9.90 Å². The van der Waals surface area contributed by atoms with E-state index in [1.54, 1.807) is 12.0 Å². The minimum absolute atomic E-state index is 0.292. The first-order valence-corrected chi connectivity index (χ1v) is 9.57. The van der Waals surface area contributed by atoms with Crippen LogP contribution in [0.4, 0.5) is 5.69 Å². The molecule has 6 heteroatoms. The number of aliphatic hydroxyl groups is 1. The summed E-state index contributed by atoms with van der Waals surface area (Å²) >= 11 is 0. The molecule has 0 aromatic heterocycles. The maximum atomic E-state index is 13.3. The SMILES string of the molecule is COc1ccc([C@@H]2Cc3cc(C)ccc3N(CC3=NCCN3)C(=O)[C@@H]2O)cc1. The van der Waals surface area contributed by atoms with Crippen molar-refractivity contribution in [2.45, 2.75) is 25.4 Å². The summed E-state index contributed by atoms with van der Waals surface area (Å²) in [6.07, 6.45) is -0.532. The van der Waals surface area contributed by atoms with Crippen molar-refractivity contribution < 1.29 is 14.6 Å². The lowest BCUT2D eigenvalue weighted by Gasteiger charge is -2.25. The van der Waals surface area contributed by atoms with E-state index in [-0.39, 0.29) is 11.8 Å². The number of nitrogens with zero attached hydrogens (tertiary/aromatic N) is 2. The summed E-state index contributed by atoms with van der Waals surface area (Å²) in [5.74, 6) is 0.929. The largest absolute Gasteiger partial charge is 0.497 e. The molecule has 1 amide bonds. The smallest absolute Gasteiger partial charge is 0.256 e. The fourth-order valence-electron chi connectivity index (χ4n) is 3.96. The highest BCUT2D eigenvalue weighted by molar-refractivity contribution is 6.04. The van der Waals surface area contributed by atoms with Gasteiger partial charge in [0.05, 0.1) is 20.2 Å². The average molecular weight is 379 g/mol. The number of hydrogen-bond acceptors (Lipinski definition) is 5. The van der Waals surface area contributed by atoms with Crippen LogP contribution in [-0.2, 0) is 11.2 Å². The second-order valence-electron chi connectivity index (χ2n) is 7.34. The second-order valence-corrected chi connectivity index (χ2v) is 7.34. The molecule has 0 radical (unpaired) electrons. The van der Waals surface area contributed by atoms with Crippen LogP contribution in [0.1, 0.15) is 22.6 Å². The van der Waals surface area contributed by atoms with Gasteiger partial charge in [0.25, 0.3) is 5.91 Å². The van der Waals surface area contributed by atoms with Gasteiger partial charge in [0, 0.05) is 18.2 Å². The number of amides is 1. The van der Waals surface area contributed by atoms with Crippen LogP contribution in [0.5, 0.6) is 5.75 Å². The van der Waals surface area contributed by atoms with Crippen LogP contribution in [0, 0.1) is 6.92 Å². The Hall–Kier alpha value is -2.86. The summed E-state index contributed by atoms with van der Waals surface area (Å²) in [5.41, 5.74) is 3.96. The number of rotatable bonds is 4. The predicted molar refractivity (Wildman–Crippen MR) is 109 cm³/mol. The maximum absolute atomic E-state index is 13.3. The molecule has 0 saturated heterocycles. The minimum atomic E-state index is -1.12. The number of anilines is 1. The summed E-state index contributed by atoms with van der Waals surface area (Å²) in [6.45, 7) is 3.89. The third-order valence-electron chi connectivity index (χ3n) is 5.46. The average Bonchev–Trinajstić information content (AvgIpc) is 3.20. The van der Waals surface area contributed by atoms with Crippen molar-refractivity contribution in [1.29, 1.82) is 0 Å². The van der Waals surface area contributed by atoms with Gasteiger partial charge in [0.1, 0.15) is 17.7 Å². The van der Waals surface area contributed by atoms with Crippen LogP contribution in [0.25, 0.3) is 0 Å². The molecule has 146 valence electrons. The van der Waals surface area contributed by atoms with E-state index in [1.807, 2.05) is 43.3 Å². The van der Waals surface area contributed by atoms with Crippen molar-refractivity contribution in [2.75, 3.05) is 31.6 Å². The first kappa shape index (κ1) is 18.5. The Morgan fingerprint density at radius 2 is 2.04 bits per heavy atom. The number of aliphatic imine (C=N–C) groups is 1. The van der Waals surface area contributed by atoms with E-state index >= 15 is 0 Å². The number of ether oxygens (including phenoxy) is 1. The number of aryl methyl sites for hydroxylation is 1. The number of amidine groups is 1. The number of aliphatic hydroxyl groups excluding tert-OH is 1. The number of nitrogens with one attached hydrogen (secondary N) is 1. The van der Waals surface area contributed by atoms with Crippen molar-refractivity contribution in [3.8, 4) is 5.75 Å². The Balaban J connectivity index is 1.73. The van der Waals surface area contributed by atoms with Gasteiger partial charge in [-0.3, -0.25) is 9.79 Å². The van der Waals surface area contributed by atoms with Gasteiger partial charge in [-0.15, -0.1) is 0 Å². The number of hydrogen-bond donors (Lipinski definition) is 2. The van der Waals surface area contributed by atoms with Gasteiger partial charge in [0.15, 0.2) is 0 Å². The third kappa shape index (κ3) is 3.47. The van der Waals surface area contributed by atoms with Gasteiger partial charge < -0.3 is 20.1 Å². The third-order valence-corrected chi connectivity index (χ3v) is 5.46. The zero-order valence-electron chi connectivity index (χ0n) is 16.2. The van der Waals surface area contributed by atoms with Gasteiger partial charge in [-0.2, -0.15) is 0 Å². The van der Waals surface area contributed by atoms with Gasteiger partial charge in [-0.25, -0.2) is 0 Å². The van der Waals surface area contributed by atoms with Crippen molar-refractivity contribution in [1.82, 2.24) is 5.32 Å². The molecule has 2 aromatic rings. The Labute approximate surface area is 164 Å². The highest BCUT2D eigenvalue weighted by atomic mass is 16.5. The molecule has 0 fully saturated rings. The predicted octanol–water partition coefficient (Wildman–Crippen LogP) is 2.04. The summed E-state index contributed by atoms with van der Waals surface area (Å²) in [6, 6.07) is 13.7. The molecule has 0 bridgehead atoms. The summed E-state index contributed by atoms with van der Waals surface area (Å²) in [7, 11) is 1.62. The van der Waals surface area contributed by atoms with Gasteiger partial charge >= 0.3 is 0 Å². The van der Waals surface area contributed by atoms with Crippen molar-refractivity contribution >= 4 is 17.4 Å². The van der Waals surface area contributed by atoms with Crippen molar-refractivity contribution in [3.63, 3.8) is 0 Å². The van der Waals surface area contributed by atoms with E-state index in [4.69, 9.17) is 4.74 Å².